The van der Waals surface area contributed by atoms with Gasteiger partial charge in [-0.1, -0.05) is 19.1 Å². The van der Waals surface area contributed by atoms with Gasteiger partial charge in [0.2, 0.25) is 0 Å². The molecule has 1 aromatic heterocycles. The number of ether oxygens (including phenoxy) is 2. The minimum atomic E-state index is 0.498. The summed E-state index contributed by atoms with van der Waals surface area (Å²) in [5.74, 6) is 0.695. The molecule has 0 saturated heterocycles. The molecule has 0 unspecified atom stereocenters. The third-order valence-corrected chi connectivity index (χ3v) is 2.58. The number of nitrogens with two attached hydrogens (primary N) is 1. The molecule has 0 aliphatic carbocycles. The Bertz CT molecular complexity index is 514. The number of pyridine rings is 1. The number of rotatable bonds is 6. The molecule has 0 spiro atoms. The zero-order chi connectivity index (χ0) is 12.8. The molecule has 2 N–H and O–H groups in total. The standard InChI is InChI=1S/C14H18N2O2/c1-2-7-17-8-9-18-14-11-5-3-4-6-13(11)16-10-12(14)15/h3-6,10H,2,7-9,15H2,1H3. The van der Waals surface area contributed by atoms with Gasteiger partial charge in [0.1, 0.15) is 6.61 Å². The second kappa shape index (κ2) is 6.21. The van der Waals surface area contributed by atoms with Gasteiger partial charge < -0.3 is 15.2 Å². The monoisotopic (exact) mass is 246 g/mol. The molecule has 2 rings (SSSR count). The van der Waals surface area contributed by atoms with E-state index in [2.05, 4.69) is 11.9 Å². The van der Waals surface area contributed by atoms with Crippen LogP contribution in [0.5, 0.6) is 5.75 Å². The Balaban J connectivity index is 2.09. The Morgan fingerprint density at radius 1 is 1.17 bits per heavy atom. The molecule has 0 fully saturated rings. The first-order valence-electron chi connectivity index (χ1n) is 6.16. The summed E-state index contributed by atoms with van der Waals surface area (Å²) in [4.78, 5) is 4.26. The lowest BCUT2D eigenvalue weighted by molar-refractivity contribution is 0.101. The molecule has 96 valence electrons. The minimum absolute atomic E-state index is 0.498. The van der Waals surface area contributed by atoms with Crippen LogP contribution in [0.25, 0.3) is 10.9 Å². The van der Waals surface area contributed by atoms with E-state index in [9.17, 15) is 0 Å². The zero-order valence-corrected chi connectivity index (χ0v) is 10.6. The Labute approximate surface area is 107 Å². The lowest BCUT2D eigenvalue weighted by atomic mass is 10.2. The summed E-state index contributed by atoms with van der Waals surface area (Å²) in [5.41, 5.74) is 7.34. The van der Waals surface area contributed by atoms with E-state index in [1.54, 1.807) is 6.20 Å². The van der Waals surface area contributed by atoms with Gasteiger partial charge in [0.05, 0.1) is 24.0 Å². The van der Waals surface area contributed by atoms with Crippen molar-refractivity contribution in [1.29, 1.82) is 0 Å². The van der Waals surface area contributed by atoms with Gasteiger partial charge in [-0.15, -0.1) is 0 Å². The highest BCUT2D eigenvalue weighted by molar-refractivity contribution is 5.89. The summed E-state index contributed by atoms with van der Waals surface area (Å²) in [7, 11) is 0. The molecule has 0 aliphatic heterocycles. The number of nitrogen functional groups attached to an aromatic ring is 1. The minimum Gasteiger partial charge on any atom is -0.488 e. The highest BCUT2D eigenvalue weighted by atomic mass is 16.5. The molecule has 2 aromatic rings. The molecule has 0 radical (unpaired) electrons. The summed E-state index contributed by atoms with van der Waals surface area (Å²) in [6.07, 6.45) is 2.64. The topological polar surface area (TPSA) is 57.4 Å². The first kappa shape index (κ1) is 12.6. The van der Waals surface area contributed by atoms with Crippen LogP contribution in [0.4, 0.5) is 5.69 Å². The lowest BCUT2D eigenvalue weighted by Crippen LogP contribution is -2.08. The SMILES string of the molecule is CCCOCCOc1c(N)cnc2ccccc12. The number of benzene rings is 1. The van der Waals surface area contributed by atoms with E-state index < -0.39 is 0 Å². The van der Waals surface area contributed by atoms with Gasteiger partial charge in [-0.05, 0) is 18.6 Å². The zero-order valence-electron chi connectivity index (χ0n) is 10.6. The van der Waals surface area contributed by atoms with Crippen molar-refractivity contribution < 1.29 is 9.47 Å². The molecule has 18 heavy (non-hydrogen) atoms. The fourth-order valence-electron chi connectivity index (χ4n) is 1.74. The van der Waals surface area contributed by atoms with Crippen molar-refractivity contribution in [3.05, 3.63) is 30.5 Å². The van der Waals surface area contributed by atoms with E-state index >= 15 is 0 Å². The molecule has 4 nitrogen and oxygen atoms in total. The fourth-order valence-corrected chi connectivity index (χ4v) is 1.74. The van der Waals surface area contributed by atoms with Gasteiger partial charge in [-0.2, -0.15) is 0 Å². The third kappa shape index (κ3) is 2.90. The van der Waals surface area contributed by atoms with Gasteiger partial charge in [0, 0.05) is 12.0 Å². The lowest BCUT2D eigenvalue weighted by Gasteiger charge is -2.11. The van der Waals surface area contributed by atoms with Gasteiger partial charge in [-0.25, -0.2) is 0 Å². The second-order valence-corrected chi connectivity index (χ2v) is 4.02. The average molecular weight is 246 g/mol. The van der Waals surface area contributed by atoms with Crippen molar-refractivity contribution >= 4 is 16.6 Å². The summed E-state index contributed by atoms with van der Waals surface area (Å²) in [6, 6.07) is 7.79. The quantitative estimate of drug-likeness (QED) is 0.796. The number of fused-ring (bicyclic) bond motifs is 1. The van der Waals surface area contributed by atoms with Crippen molar-refractivity contribution in [2.75, 3.05) is 25.6 Å². The first-order valence-corrected chi connectivity index (χ1v) is 6.16. The van der Waals surface area contributed by atoms with Gasteiger partial charge in [0.25, 0.3) is 0 Å². The van der Waals surface area contributed by atoms with Crippen LogP contribution in [-0.2, 0) is 4.74 Å². The molecule has 0 bridgehead atoms. The Kier molecular flexibility index (Phi) is 4.36. The van der Waals surface area contributed by atoms with E-state index in [0.29, 0.717) is 24.7 Å². The number of anilines is 1. The van der Waals surface area contributed by atoms with Gasteiger partial charge in [-0.3, -0.25) is 4.98 Å². The molecule has 1 heterocycles. The van der Waals surface area contributed by atoms with Crippen LogP contribution in [-0.4, -0.2) is 24.8 Å². The van der Waals surface area contributed by atoms with Crippen LogP contribution in [0.2, 0.25) is 0 Å². The maximum absolute atomic E-state index is 5.90. The van der Waals surface area contributed by atoms with E-state index in [-0.39, 0.29) is 0 Å². The van der Waals surface area contributed by atoms with Crippen LogP contribution < -0.4 is 10.5 Å². The summed E-state index contributed by atoms with van der Waals surface area (Å²) in [5, 5.41) is 0.938. The van der Waals surface area contributed by atoms with E-state index in [0.717, 1.165) is 23.9 Å². The number of hydrogen-bond acceptors (Lipinski definition) is 4. The molecule has 0 atom stereocenters. The molecular formula is C14H18N2O2. The highest BCUT2D eigenvalue weighted by Crippen LogP contribution is 2.29. The van der Waals surface area contributed by atoms with Crippen molar-refractivity contribution in [2.45, 2.75) is 13.3 Å². The van der Waals surface area contributed by atoms with E-state index in [4.69, 9.17) is 15.2 Å². The smallest absolute Gasteiger partial charge is 0.153 e. The fraction of sp³-hybridized carbons (Fsp3) is 0.357. The molecule has 4 heteroatoms. The van der Waals surface area contributed by atoms with Crippen molar-refractivity contribution in [2.24, 2.45) is 0 Å². The van der Waals surface area contributed by atoms with E-state index in [1.807, 2.05) is 24.3 Å². The predicted molar refractivity (Wildman–Crippen MR) is 72.8 cm³/mol. The largest absolute Gasteiger partial charge is 0.488 e. The molecular weight excluding hydrogens is 228 g/mol. The molecule has 1 aromatic carbocycles. The Morgan fingerprint density at radius 2 is 2.00 bits per heavy atom. The van der Waals surface area contributed by atoms with Crippen LogP contribution in [0.3, 0.4) is 0 Å². The van der Waals surface area contributed by atoms with Crippen LogP contribution in [0.15, 0.2) is 30.5 Å². The first-order chi connectivity index (χ1) is 8.83. The van der Waals surface area contributed by atoms with Crippen molar-refractivity contribution in [3.63, 3.8) is 0 Å². The maximum atomic E-state index is 5.90. The maximum Gasteiger partial charge on any atom is 0.153 e. The number of aromatic nitrogens is 1. The molecule has 0 aliphatic rings. The number of para-hydroxylation sites is 1. The number of hydrogen-bond donors (Lipinski definition) is 1. The summed E-state index contributed by atoms with van der Waals surface area (Å²) in [6.45, 7) is 3.91. The average Bonchev–Trinajstić information content (AvgIpc) is 2.41. The third-order valence-electron chi connectivity index (χ3n) is 2.58. The number of nitrogens with zero attached hydrogens (tertiary/aromatic N) is 1. The normalized spacial score (nSPS) is 10.7. The predicted octanol–water partition coefficient (Wildman–Crippen LogP) is 2.62. The highest BCUT2D eigenvalue weighted by Gasteiger charge is 2.07. The Hall–Kier alpha value is -1.81. The molecule has 0 amide bonds. The summed E-state index contributed by atoms with van der Waals surface area (Å²) >= 11 is 0. The van der Waals surface area contributed by atoms with Crippen LogP contribution in [0.1, 0.15) is 13.3 Å². The van der Waals surface area contributed by atoms with Crippen LogP contribution in [0, 0.1) is 0 Å². The van der Waals surface area contributed by atoms with E-state index in [1.165, 1.54) is 0 Å². The second-order valence-electron chi connectivity index (χ2n) is 4.02. The summed E-state index contributed by atoms with van der Waals surface area (Å²) < 4.78 is 11.1. The van der Waals surface area contributed by atoms with Crippen molar-refractivity contribution in [1.82, 2.24) is 4.98 Å². The van der Waals surface area contributed by atoms with Gasteiger partial charge in [0.15, 0.2) is 5.75 Å². The Morgan fingerprint density at radius 3 is 2.83 bits per heavy atom. The van der Waals surface area contributed by atoms with Gasteiger partial charge >= 0.3 is 0 Å². The van der Waals surface area contributed by atoms with Crippen LogP contribution >= 0.6 is 0 Å². The molecule has 0 saturated carbocycles. The van der Waals surface area contributed by atoms with Crippen molar-refractivity contribution in [3.8, 4) is 5.75 Å².